The second-order valence-electron chi connectivity index (χ2n) is 7.11. The van der Waals surface area contributed by atoms with Crippen LogP contribution >= 0.6 is 0 Å². The van der Waals surface area contributed by atoms with Crippen LogP contribution in [-0.2, 0) is 22.6 Å². The molecule has 2 aromatic carbocycles. The van der Waals surface area contributed by atoms with Crippen LogP contribution in [0.3, 0.4) is 0 Å². The minimum absolute atomic E-state index is 0.0909. The molecule has 2 aliphatic heterocycles. The van der Waals surface area contributed by atoms with E-state index in [0.717, 1.165) is 11.1 Å². The number of carbonyl (C=O) groups is 2. The molecule has 134 valence electrons. The van der Waals surface area contributed by atoms with Gasteiger partial charge >= 0.3 is 0 Å². The van der Waals surface area contributed by atoms with E-state index in [4.69, 9.17) is 9.47 Å². The van der Waals surface area contributed by atoms with Gasteiger partial charge in [0.25, 0.3) is 0 Å². The molecule has 0 aliphatic carbocycles. The number of hydrogen-bond acceptors (Lipinski definition) is 4. The second kappa shape index (κ2) is 6.48. The van der Waals surface area contributed by atoms with Gasteiger partial charge in [-0.1, -0.05) is 35.4 Å². The molecule has 2 aromatic rings. The number of imide groups is 1. The largest absolute Gasteiger partial charge is 0.454 e. The lowest BCUT2D eigenvalue weighted by Crippen LogP contribution is -2.30. The average Bonchev–Trinajstić information content (AvgIpc) is 3.14. The number of aryl methyl sites for hydroxylation is 2. The van der Waals surface area contributed by atoms with Gasteiger partial charge < -0.3 is 9.47 Å². The van der Waals surface area contributed by atoms with Crippen molar-refractivity contribution in [2.45, 2.75) is 33.2 Å². The molecule has 2 amide bonds. The molecule has 5 nitrogen and oxygen atoms in total. The maximum Gasteiger partial charge on any atom is 0.233 e. The molecule has 4 rings (SSSR count). The summed E-state index contributed by atoms with van der Waals surface area (Å²) < 4.78 is 10.7. The van der Waals surface area contributed by atoms with E-state index in [1.54, 1.807) is 0 Å². The van der Waals surface area contributed by atoms with E-state index < -0.39 is 0 Å². The van der Waals surface area contributed by atoms with E-state index >= 15 is 0 Å². The Labute approximate surface area is 152 Å². The number of fused-ring (bicyclic) bond motifs is 1. The third-order valence-corrected chi connectivity index (χ3v) is 4.88. The summed E-state index contributed by atoms with van der Waals surface area (Å²) in [6.45, 7) is 4.57. The Morgan fingerprint density at radius 2 is 1.69 bits per heavy atom. The fourth-order valence-electron chi connectivity index (χ4n) is 3.77. The summed E-state index contributed by atoms with van der Waals surface area (Å²) in [4.78, 5) is 26.5. The molecular weight excluding hydrogens is 330 g/mol. The van der Waals surface area contributed by atoms with Crippen molar-refractivity contribution in [1.29, 1.82) is 0 Å². The lowest BCUT2D eigenvalue weighted by molar-refractivity contribution is -0.140. The van der Waals surface area contributed by atoms with Crippen LogP contribution in [-0.4, -0.2) is 23.5 Å². The summed E-state index contributed by atoms with van der Waals surface area (Å²) in [5.74, 6) is 0.875. The van der Waals surface area contributed by atoms with Crippen LogP contribution in [0.5, 0.6) is 11.5 Å². The summed E-state index contributed by atoms with van der Waals surface area (Å²) >= 11 is 0. The Bertz CT molecular complexity index is 869. The fraction of sp³-hybridized carbons (Fsp3) is 0.333. The number of amides is 2. The van der Waals surface area contributed by atoms with Crippen LogP contribution in [0.15, 0.2) is 36.4 Å². The molecule has 0 saturated carbocycles. The number of nitrogens with zero attached hydrogens (tertiary/aromatic N) is 1. The molecule has 1 fully saturated rings. The van der Waals surface area contributed by atoms with Crippen LogP contribution in [0.2, 0.25) is 0 Å². The zero-order chi connectivity index (χ0) is 18.3. The number of benzene rings is 2. The molecule has 0 aromatic heterocycles. The van der Waals surface area contributed by atoms with Crippen LogP contribution in [0.4, 0.5) is 0 Å². The van der Waals surface area contributed by atoms with Crippen molar-refractivity contribution in [3.05, 3.63) is 58.7 Å². The van der Waals surface area contributed by atoms with Gasteiger partial charge in [0.05, 0.1) is 12.5 Å². The second-order valence-corrected chi connectivity index (χ2v) is 7.11. The molecule has 0 N–H and O–H groups in total. The van der Waals surface area contributed by atoms with E-state index in [2.05, 4.69) is 18.2 Å². The predicted molar refractivity (Wildman–Crippen MR) is 95.8 cm³/mol. The first-order valence-electron chi connectivity index (χ1n) is 8.79. The zero-order valence-corrected chi connectivity index (χ0v) is 15.0. The van der Waals surface area contributed by atoms with Crippen LogP contribution < -0.4 is 9.47 Å². The van der Waals surface area contributed by atoms with E-state index in [9.17, 15) is 9.59 Å². The monoisotopic (exact) mass is 351 g/mol. The minimum Gasteiger partial charge on any atom is -0.454 e. The molecule has 0 unspecified atom stereocenters. The van der Waals surface area contributed by atoms with Gasteiger partial charge in [0.1, 0.15) is 0 Å². The van der Waals surface area contributed by atoms with Crippen molar-refractivity contribution in [2.24, 2.45) is 5.92 Å². The van der Waals surface area contributed by atoms with Gasteiger partial charge in [-0.05, 0) is 43.5 Å². The lowest BCUT2D eigenvalue weighted by atomic mass is 9.95. The highest BCUT2D eigenvalue weighted by atomic mass is 16.7. The van der Waals surface area contributed by atoms with Gasteiger partial charge in [0.2, 0.25) is 18.6 Å². The number of likely N-dealkylation sites (tertiary alicyclic amines) is 1. The standard InChI is InChI=1S/C21H21NO4/c1-13-5-14(2)7-16(6-13)8-17-10-20(23)22(21(17)24)11-15-3-4-18-19(9-15)26-12-25-18/h3-7,9,17H,8,10-12H2,1-2H3/t17-/m0/s1. The topological polar surface area (TPSA) is 55.8 Å². The van der Waals surface area contributed by atoms with Gasteiger partial charge in [0.15, 0.2) is 11.5 Å². The first kappa shape index (κ1) is 16.6. The SMILES string of the molecule is Cc1cc(C)cc(C[C@H]2CC(=O)N(Cc3ccc4c(c3)OCO4)C2=O)c1. The molecule has 0 bridgehead atoms. The Kier molecular flexibility index (Phi) is 4.15. The summed E-state index contributed by atoms with van der Waals surface area (Å²) in [6.07, 6.45) is 0.876. The molecule has 0 radical (unpaired) electrons. The highest BCUT2D eigenvalue weighted by Crippen LogP contribution is 2.34. The van der Waals surface area contributed by atoms with Gasteiger partial charge in [-0.15, -0.1) is 0 Å². The smallest absolute Gasteiger partial charge is 0.233 e. The molecule has 1 saturated heterocycles. The maximum absolute atomic E-state index is 12.8. The molecule has 5 heteroatoms. The number of ether oxygens (including phenoxy) is 2. The van der Waals surface area contributed by atoms with Crippen LogP contribution in [0.1, 0.15) is 28.7 Å². The average molecular weight is 351 g/mol. The van der Waals surface area contributed by atoms with Gasteiger partial charge in [-0.2, -0.15) is 0 Å². The predicted octanol–water partition coefficient (Wildman–Crippen LogP) is 3.15. The van der Waals surface area contributed by atoms with Crippen molar-refractivity contribution in [2.75, 3.05) is 6.79 Å². The van der Waals surface area contributed by atoms with Gasteiger partial charge in [-0.3, -0.25) is 14.5 Å². The minimum atomic E-state index is -0.280. The van der Waals surface area contributed by atoms with Crippen molar-refractivity contribution in [1.82, 2.24) is 4.90 Å². The maximum atomic E-state index is 12.8. The molecule has 2 aliphatic rings. The normalized spacial score (nSPS) is 18.7. The number of rotatable bonds is 4. The van der Waals surface area contributed by atoms with E-state index in [1.165, 1.54) is 16.0 Å². The highest BCUT2D eigenvalue weighted by Gasteiger charge is 2.38. The van der Waals surface area contributed by atoms with E-state index in [1.807, 2.05) is 32.0 Å². The molecule has 0 spiro atoms. The molecule has 2 heterocycles. The summed E-state index contributed by atoms with van der Waals surface area (Å²) in [6, 6.07) is 11.8. The van der Waals surface area contributed by atoms with E-state index in [-0.39, 0.29) is 37.5 Å². The summed E-state index contributed by atoms with van der Waals surface area (Å²) in [5.41, 5.74) is 4.32. The Morgan fingerprint density at radius 3 is 2.46 bits per heavy atom. The third kappa shape index (κ3) is 3.17. The van der Waals surface area contributed by atoms with Crippen molar-refractivity contribution >= 4 is 11.8 Å². The van der Waals surface area contributed by atoms with E-state index in [0.29, 0.717) is 17.9 Å². The number of carbonyl (C=O) groups excluding carboxylic acids is 2. The molecular formula is C21H21NO4. The Morgan fingerprint density at radius 1 is 0.962 bits per heavy atom. The summed E-state index contributed by atoms with van der Waals surface area (Å²) in [5, 5.41) is 0. The highest BCUT2D eigenvalue weighted by molar-refractivity contribution is 6.03. The fourth-order valence-corrected chi connectivity index (χ4v) is 3.77. The quantitative estimate of drug-likeness (QED) is 0.794. The Hall–Kier alpha value is -2.82. The first-order valence-corrected chi connectivity index (χ1v) is 8.79. The summed E-state index contributed by atoms with van der Waals surface area (Å²) in [7, 11) is 0. The molecule has 1 atom stereocenters. The first-order chi connectivity index (χ1) is 12.5. The third-order valence-electron chi connectivity index (χ3n) is 4.88. The van der Waals surface area contributed by atoms with Crippen molar-refractivity contribution in [3.8, 4) is 11.5 Å². The lowest BCUT2D eigenvalue weighted by Gasteiger charge is -2.15. The number of hydrogen-bond donors (Lipinski definition) is 0. The van der Waals surface area contributed by atoms with Crippen molar-refractivity contribution < 1.29 is 19.1 Å². The zero-order valence-electron chi connectivity index (χ0n) is 15.0. The molecule has 26 heavy (non-hydrogen) atoms. The Balaban J connectivity index is 1.48. The van der Waals surface area contributed by atoms with Crippen LogP contribution in [0, 0.1) is 19.8 Å². The van der Waals surface area contributed by atoms with Gasteiger partial charge in [0, 0.05) is 6.42 Å². The van der Waals surface area contributed by atoms with Crippen molar-refractivity contribution in [3.63, 3.8) is 0 Å². The van der Waals surface area contributed by atoms with Gasteiger partial charge in [-0.25, -0.2) is 0 Å². The van der Waals surface area contributed by atoms with Crippen LogP contribution in [0.25, 0.3) is 0 Å².